The molecule has 5 rings (SSSR count). The third kappa shape index (κ3) is 3.57. The number of hydrogen-bond donors (Lipinski definition) is 1. The maximum Gasteiger partial charge on any atom is 0.272 e. The highest BCUT2D eigenvalue weighted by molar-refractivity contribution is 6.30. The maximum atomic E-state index is 12.6. The molecule has 1 aliphatic rings. The summed E-state index contributed by atoms with van der Waals surface area (Å²) in [6.07, 6.45) is 1.95. The van der Waals surface area contributed by atoms with Crippen molar-refractivity contribution < 1.29 is 4.79 Å². The lowest BCUT2D eigenvalue weighted by Gasteiger charge is -2.24. The van der Waals surface area contributed by atoms with Gasteiger partial charge in [0.15, 0.2) is 0 Å². The van der Waals surface area contributed by atoms with E-state index in [0.29, 0.717) is 28.9 Å². The van der Waals surface area contributed by atoms with Crippen LogP contribution in [0, 0.1) is 13.8 Å². The van der Waals surface area contributed by atoms with Crippen molar-refractivity contribution >= 4 is 23.3 Å². The first kappa shape index (κ1) is 19.4. The van der Waals surface area contributed by atoms with Crippen molar-refractivity contribution in [2.45, 2.75) is 26.2 Å². The molecule has 8 heteroatoms. The third-order valence-corrected chi connectivity index (χ3v) is 5.71. The Kier molecular flexibility index (Phi) is 4.75. The van der Waals surface area contributed by atoms with Crippen LogP contribution < -0.4 is 5.32 Å². The normalized spacial score (nSPS) is 15.5. The van der Waals surface area contributed by atoms with Crippen molar-refractivity contribution in [2.75, 3.05) is 5.32 Å². The molecule has 0 bridgehead atoms. The van der Waals surface area contributed by atoms with Crippen molar-refractivity contribution in [1.82, 2.24) is 25.0 Å². The molecule has 0 unspecified atom stereocenters. The summed E-state index contributed by atoms with van der Waals surface area (Å²) in [6.45, 7) is 3.98. The second kappa shape index (κ2) is 7.59. The van der Waals surface area contributed by atoms with Gasteiger partial charge in [-0.15, -0.1) is 5.10 Å². The van der Waals surface area contributed by atoms with Gasteiger partial charge in [-0.05, 0) is 31.5 Å². The van der Waals surface area contributed by atoms with Crippen LogP contribution in [0.4, 0.5) is 5.82 Å². The molecule has 4 aromatic rings. The highest BCUT2D eigenvalue weighted by atomic mass is 35.5. The molecular formula is C23H19ClN6O. The second-order valence-corrected chi connectivity index (χ2v) is 8.06. The van der Waals surface area contributed by atoms with Crippen LogP contribution in [-0.4, -0.2) is 30.9 Å². The molecule has 2 aromatic carbocycles. The van der Waals surface area contributed by atoms with Gasteiger partial charge >= 0.3 is 0 Å². The molecular weight excluding hydrogens is 412 g/mol. The number of halogens is 1. The molecule has 3 heterocycles. The zero-order valence-corrected chi connectivity index (χ0v) is 17.8. The zero-order chi connectivity index (χ0) is 21.5. The molecule has 0 fully saturated rings. The van der Waals surface area contributed by atoms with Crippen LogP contribution in [0.1, 0.15) is 34.7 Å². The molecule has 1 amide bonds. The number of carbonyl (C=O) groups excluding carboxylic acids is 1. The predicted octanol–water partition coefficient (Wildman–Crippen LogP) is 4.47. The second-order valence-electron chi connectivity index (χ2n) is 7.62. The molecule has 0 spiro atoms. The standard InChI is InChI=1S/C23H19ClN6O/c1-13-3-5-15(6-4-13)18-11-20(31)27-22-21(18)14(2)29-30(22)23-26-19(12-25-28-23)16-7-9-17(24)10-8-16/h3-10,12,18H,11H2,1-2H3,(H,27,31)/t18-/m1/s1. The van der Waals surface area contributed by atoms with Gasteiger partial charge in [-0.1, -0.05) is 53.6 Å². The van der Waals surface area contributed by atoms with Gasteiger partial charge in [0, 0.05) is 28.5 Å². The largest absolute Gasteiger partial charge is 0.310 e. The Morgan fingerprint density at radius 3 is 2.55 bits per heavy atom. The molecule has 0 aliphatic carbocycles. The van der Waals surface area contributed by atoms with Gasteiger partial charge in [0.2, 0.25) is 5.91 Å². The van der Waals surface area contributed by atoms with Crippen molar-refractivity contribution in [2.24, 2.45) is 0 Å². The summed E-state index contributed by atoms with van der Waals surface area (Å²) in [5.74, 6) is 0.739. The van der Waals surface area contributed by atoms with E-state index in [-0.39, 0.29) is 11.8 Å². The molecule has 1 N–H and O–H groups in total. The summed E-state index contributed by atoms with van der Waals surface area (Å²) in [4.78, 5) is 17.2. The Balaban J connectivity index is 1.60. The van der Waals surface area contributed by atoms with E-state index in [4.69, 9.17) is 11.6 Å². The minimum absolute atomic E-state index is 0.0685. The molecule has 7 nitrogen and oxygen atoms in total. The van der Waals surface area contributed by atoms with Gasteiger partial charge in [0.1, 0.15) is 5.82 Å². The fraction of sp³-hybridized carbons (Fsp3) is 0.174. The number of nitrogens with zero attached hydrogens (tertiary/aromatic N) is 5. The highest BCUT2D eigenvalue weighted by Gasteiger charge is 2.33. The van der Waals surface area contributed by atoms with Gasteiger partial charge in [0.25, 0.3) is 5.95 Å². The first-order valence-electron chi connectivity index (χ1n) is 9.91. The Labute approximate surface area is 184 Å². The van der Waals surface area contributed by atoms with E-state index in [1.807, 2.05) is 26.0 Å². The molecule has 0 saturated carbocycles. The first-order valence-corrected chi connectivity index (χ1v) is 10.3. The average Bonchev–Trinajstić information content (AvgIpc) is 3.10. The van der Waals surface area contributed by atoms with Crippen LogP contribution >= 0.6 is 11.6 Å². The molecule has 2 aromatic heterocycles. The average molecular weight is 431 g/mol. The monoisotopic (exact) mass is 430 g/mol. The van der Waals surface area contributed by atoms with E-state index in [1.165, 1.54) is 5.56 Å². The Hall–Kier alpha value is -3.58. The molecule has 154 valence electrons. The van der Waals surface area contributed by atoms with E-state index < -0.39 is 0 Å². The van der Waals surface area contributed by atoms with E-state index in [9.17, 15) is 4.79 Å². The number of aryl methyl sites for hydroxylation is 2. The third-order valence-electron chi connectivity index (χ3n) is 5.46. The predicted molar refractivity (Wildman–Crippen MR) is 118 cm³/mol. The summed E-state index contributed by atoms with van der Waals surface area (Å²) in [5.41, 5.74) is 5.55. The quantitative estimate of drug-likeness (QED) is 0.518. The fourth-order valence-electron chi connectivity index (χ4n) is 3.92. The van der Waals surface area contributed by atoms with Gasteiger partial charge in [-0.25, -0.2) is 4.98 Å². The van der Waals surface area contributed by atoms with Gasteiger partial charge in [-0.2, -0.15) is 14.9 Å². The van der Waals surface area contributed by atoms with E-state index in [2.05, 4.69) is 49.9 Å². The fourth-order valence-corrected chi connectivity index (χ4v) is 4.04. The van der Waals surface area contributed by atoms with Crippen molar-refractivity contribution in [1.29, 1.82) is 0 Å². The smallest absolute Gasteiger partial charge is 0.272 e. The van der Waals surface area contributed by atoms with Crippen LogP contribution in [-0.2, 0) is 4.79 Å². The van der Waals surface area contributed by atoms with Crippen LogP contribution in [0.15, 0.2) is 54.7 Å². The number of carbonyl (C=O) groups is 1. The molecule has 0 saturated heterocycles. The number of aromatic nitrogens is 5. The number of hydrogen-bond acceptors (Lipinski definition) is 5. The summed E-state index contributed by atoms with van der Waals surface area (Å²) >= 11 is 5.99. The van der Waals surface area contributed by atoms with Gasteiger partial charge in [0.05, 0.1) is 17.6 Å². The summed E-state index contributed by atoms with van der Waals surface area (Å²) in [7, 11) is 0. The van der Waals surface area contributed by atoms with Crippen molar-refractivity contribution in [3.63, 3.8) is 0 Å². The first-order chi connectivity index (χ1) is 15.0. The molecule has 31 heavy (non-hydrogen) atoms. The molecule has 1 atom stereocenters. The lowest BCUT2D eigenvalue weighted by atomic mass is 9.85. The number of rotatable bonds is 3. The number of anilines is 1. The van der Waals surface area contributed by atoms with Crippen LogP contribution in [0.3, 0.4) is 0 Å². The van der Waals surface area contributed by atoms with Crippen LogP contribution in [0.25, 0.3) is 17.2 Å². The SMILES string of the molecule is Cc1ccc([C@H]2CC(=O)Nc3c2c(C)nn3-c2nncc(-c3ccc(Cl)cc3)n2)cc1. The highest BCUT2D eigenvalue weighted by Crippen LogP contribution is 2.40. The minimum atomic E-state index is -0.0782. The van der Waals surface area contributed by atoms with E-state index in [0.717, 1.165) is 22.4 Å². The lowest BCUT2D eigenvalue weighted by Crippen LogP contribution is -2.25. The Morgan fingerprint density at radius 1 is 1.06 bits per heavy atom. The number of amides is 1. The number of fused-ring (bicyclic) bond motifs is 1. The topological polar surface area (TPSA) is 85.6 Å². The minimum Gasteiger partial charge on any atom is -0.310 e. The lowest BCUT2D eigenvalue weighted by molar-refractivity contribution is -0.116. The van der Waals surface area contributed by atoms with Crippen molar-refractivity contribution in [3.8, 4) is 17.2 Å². The molecule has 1 aliphatic heterocycles. The maximum absolute atomic E-state index is 12.6. The Bertz CT molecular complexity index is 1280. The Morgan fingerprint density at radius 2 is 1.81 bits per heavy atom. The summed E-state index contributed by atoms with van der Waals surface area (Å²) in [5, 5.41) is 16.5. The summed E-state index contributed by atoms with van der Waals surface area (Å²) < 4.78 is 1.56. The van der Waals surface area contributed by atoms with Crippen molar-refractivity contribution in [3.05, 3.63) is 82.1 Å². The number of benzene rings is 2. The summed E-state index contributed by atoms with van der Waals surface area (Å²) in [6, 6.07) is 15.6. The van der Waals surface area contributed by atoms with Crippen LogP contribution in [0.5, 0.6) is 0 Å². The van der Waals surface area contributed by atoms with Gasteiger partial charge in [-0.3, -0.25) is 4.79 Å². The van der Waals surface area contributed by atoms with E-state index in [1.54, 1.807) is 23.0 Å². The van der Waals surface area contributed by atoms with Gasteiger partial charge < -0.3 is 5.32 Å². The number of nitrogens with one attached hydrogen (secondary N) is 1. The molecule has 0 radical (unpaired) electrons. The van der Waals surface area contributed by atoms with Crippen LogP contribution in [0.2, 0.25) is 5.02 Å². The zero-order valence-electron chi connectivity index (χ0n) is 17.0. The van der Waals surface area contributed by atoms with E-state index >= 15 is 0 Å².